The first-order chi connectivity index (χ1) is 9.27. The number of nitrogens with two attached hydrogens (primary N) is 2. The van der Waals surface area contributed by atoms with Gasteiger partial charge in [-0.3, -0.25) is 14.4 Å². The summed E-state index contributed by atoms with van der Waals surface area (Å²) in [5.41, 5.74) is 10.3. The molecule has 0 aliphatic rings. The van der Waals surface area contributed by atoms with Crippen LogP contribution in [0.5, 0.6) is 0 Å². The van der Waals surface area contributed by atoms with Gasteiger partial charge in [-0.15, -0.1) is 0 Å². The zero-order valence-corrected chi connectivity index (χ0v) is 10.7. The Morgan fingerprint density at radius 2 is 1.80 bits per heavy atom. The molecule has 10 heteroatoms. The van der Waals surface area contributed by atoms with E-state index >= 15 is 0 Å². The summed E-state index contributed by atoms with van der Waals surface area (Å²) >= 11 is 0. The molecule has 2 atom stereocenters. The lowest BCUT2D eigenvalue weighted by molar-refractivity contribution is -0.142. The van der Waals surface area contributed by atoms with Crippen molar-refractivity contribution < 1.29 is 29.4 Å². The lowest BCUT2D eigenvalue weighted by Gasteiger charge is -2.14. The van der Waals surface area contributed by atoms with Crippen LogP contribution in [0.15, 0.2) is 0 Å². The molecule has 3 amide bonds. The molecule has 0 heterocycles. The Bertz CT molecular complexity index is 386. The minimum Gasteiger partial charge on any atom is -0.480 e. The molecule has 0 aromatic carbocycles. The van der Waals surface area contributed by atoms with Gasteiger partial charge in [0.15, 0.2) is 0 Å². The zero-order chi connectivity index (χ0) is 15.7. The second-order valence-electron chi connectivity index (χ2n) is 3.97. The number of nitrogens with one attached hydrogen (secondary N) is 2. The van der Waals surface area contributed by atoms with Crippen LogP contribution >= 0.6 is 0 Å². The zero-order valence-electron chi connectivity index (χ0n) is 10.7. The smallest absolute Gasteiger partial charge is 0.328 e. The van der Waals surface area contributed by atoms with Crippen molar-refractivity contribution in [3.8, 4) is 0 Å². The average molecular weight is 290 g/mol. The summed E-state index contributed by atoms with van der Waals surface area (Å²) in [6, 6.07) is -2.44. The van der Waals surface area contributed by atoms with E-state index in [-0.39, 0.29) is 12.8 Å². The lowest BCUT2D eigenvalue weighted by Crippen LogP contribution is -2.49. The average Bonchev–Trinajstić information content (AvgIpc) is 2.38. The number of carboxylic acids is 1. The van der Waals surface area contributed by atoms with Crippen molar-refractivity contribution in [1.29, 1.82) is 0 Å². The summed E-state index contributed by atoms with van der Waals surface area (Å²) < 4.78 is 0. The molecule has 0 saturated carbocycles. The summed E-state index contributed by atoms with van der Waals surface area (Å²) in [7, 11) is 0. The number of primary amides is 1. The van der Waals surface area contributed by atoms with E-state index in [0.29, 0.717) is 0 Å². The molecule has 0 aliphatic carbocycles. The van der Waals surface area contributed by atoms with Crippen molar-refractivity contribution in [2.45, 2.75) is 24.9 Å². The number of carboxylic acid groups (broad SMARTS) is 1. The summed E-state index contributed by atoms with van der Waals surface area (Å²) in [6.45, 7) is -1.26. The van der Waals surface area contributed by atoms with Crippen LogP contribution in [-0.2, 0) is 19.2 Å². The highest BCUT2D eigenvalue weighted by Gasteiger charge is 2.20. The van der Waals surface area contributed by atoms with Crippen molar-refractivity contribution in [3.05, 3.63) is 0 Å². The summed E-state index contributed by atoms with van der Waals surface area (Å²) in [5, 5.41) is 21.4. The predicted octanol–water partition coefficient (Wildman–Crippen LogP) is -3.74. The molecule has 0 fully saturated rings. The number of aliphatic hydroxyl groups is 1. The Hall–Kier alpha value is -2.20. The standard InChI is InChI=1S/C10H18N4O6/c11-5(1-2-7(12)16)9(18)13-3-8(17)14-6(4-15)10(19)20/h5-6,15H,1-4,11H2,(H2,12,16)(H,13,18)(H,14,17)(H,19,20)/t5-,6-/m0/s1. The highest BCUT2D eigenvalue weighted by atomic mass is 16.4. The molecule has 0 aliphatic heterocycles. The number of hydrogen-bond acceptors (Lipinski definition) is 6. The maximum atomic E-state index is 11.4. The van der Waals surface area contributed by atoms with Crippen LogP contribution in [0.2, 0.25) is 0 Å². The maximum Gasteiger partial charge on any atom is 0.328 e. The highest BCUT2D eigenvalue weighted by molar-refractivity contribution is 5.89. The van der Waals surface area contributed by atoms with E-state index in [9.17, 15) is 19.2 Å². The van der Waals surface area contributed by atoms with E-state index in [1.54, 1.807) is 0 Å². The van der Waals surface area contributed by atoms with Gasteiger partial charge in [0.2, 0.25) is 17.7 Å². The van der Waals surface area contributed by atoms with E-state index in [2.05, 4.69) is 5.32 Å². The van der Waals surface area contributed by atoms with Gasteiger partial charge >= 0.3 is 5.97 Å². The molecular weight excluding hydrogens is 272 g/mol. The third-order valence-electron chi connectivity index (χ3n) is 2.28. The molecule has 0 saturated heterocycles. The minimum atomic E-state index is -1.44. The highest BCUT2D eigenvalue weighted by Crippen LogP contribution is 1.93. The van der Waals surface area contributed by atoms with Crippen molar-refractivity contribution in [3.63, 3.8) is 0 Å². The second-order valence-corrected chi connectivity index (χ2v) is 3.97. The lowest BCUT2D eigenvalue weighted by atomic mass is 10.1. The molecule has 0 aromatic heterocycles. The number of amides is 3. The number of aliphatic carboxylic acids is 1. The Morgan fingerprint density at radius 3 is 2.25 bits per heavy atom. The van der Waals surface area contributed by atoms with Crippen LogP contribution in [0.3, 0.4) is 0 Å². The van der Waals surface area contributed by atoms with Gasteiger partial charge in [0.05, 0.1) is 19.2 Å². The van der Waals surface area contributed by atoms with E-state index < -0.39 is 48.9 Å². The number of hydrogen-bond donors (Lipinski definition) is 6. The Labute approximate surface area is 114 Å². The van der Waals surface area contributed by atoms with E-state index in [1.165, 1.54) is 0 Å². The molecule has 8 N–H and O–H groups in total. The molecule has 0 aromatic rings. The SMILES string of the molecule is NC(=O)CC[C@H](N)C(=O)NCC(=O)N[C@@H](CO)C(=O)O. The topological polar surface area (TPSA) is 185 Å². The third-order valence-corrected chi connectivity index (χ3v) is 2.28. The number of carbonyl (C=O) groups is 4. The predicted molar refractivity (Wildman–Crippen MR) is 66.1 cm³/mol. The number of carbonyl (C=O) groups excluding carboxylic acids is 3. The van der Waals surface area contributed by atoms with Gasteiger partial charge in [-0.05, 0) is 6.42 Å². The first-order valence-electron chi connectivity index (χ1n) is 5.72. The van der Waals surface area contributed by atoms with Crippen LogP contribution in [0.1, 0.15) is 12.8 Å². The van der Waals surface area contributed by atoms with Gasteiger partial charge in [-0.25, -0.2) is 4.79 Å². The summed E-state index contributed by atoms with van der Waals surface area (Å²) in [6.07, 6.45) is -0.0242. The summed E-state index contributed by atoms with van der Waals surface area (Å²) in [5.74, 6) is -3.46. The molecular formula is C10H18N4O6. The Balaban J connectivity index is 4.08. The van der Waals surface area contributed by atoms with Crippen molar-refractivity contribution >= 4 is 23.7 Å². The number of rotatable bonds is 9. The van der Waals surface area contributed by atoms with E-state index in [0.717, 1.165) is 0 Å². The molecule has 10 nitrogen and oxygen atoms in total. The normalized spacial score (nSPS) is 13.1. The van der Waals surface area contributed by atoms with Gasteiger partial charge in [0.25, 0.3) is 0 Å². The fourth-order valence-corrected chi connectivity index (χ4v) is 1.16. The van der Waals surface area contributed by atoms with Gasteiger partial charge in [-0.1, -0.05) is 0 Å². The number of aliphatic hydroxyl groups excluding tert-OH is 1. The molecule has 0 bridgehead atoms. The first-order valence-corrected chi connectivity index (χ1v) is 5.72. The van der Waals surface area contributed by atoms with Crippen LogP contribution in [0.25, 0.3) is 0 Å². The van der Waals surface area contributed by atoms with Crippen LogP contribution in [0, 0.1) is 0 Å². The molecule has 114 valence electrons. The fraction of sp³-hybridized carbons (Fsp3) is 0.600. The fourth-order valence-electron chi connectivity index (χ4n) is 1.16. The van der Waals surface area contributed by atoms with Crippen LogP contribution in [-0.4, -0.2) is 59.1 Å². The largest absolute Gasteiger partial charge is 0.480 e. The third kappa shape index (κ3) is 7.28. The molecule has 0 radical (unpaired) electrons. The Kier molecular flexibility index (Phi) is 7.85. The Morgan fingerprint density at radius 1 is 1.20 bits per heavy atom. The molecule has 0 unspecified atom stereocenters. The molecule has 0 rings (SSSR count). The van der Waals surface area contributed by atoms with Crippen molar-refractivity contribution in [2.24, 2.45) is 11.5 Å². The monoisotopic (exact) mass is 290 g/mol. The first kappa shape index (κ1) is 17.8. The van der Waals surface area contributed by atoms with E-state index in [1.807, 2.05) is 5.32 Å². The van der Waals surface area contributed by atoms with Crippen molar-refractivity contribution in [2.75, 3.05) is 13.2 Å². The molecule has 0 spiro atoms. The second kappa shape index (κ2) is 8.82. The van der Waals surface area contributed by atoms with Gasteiger partial charge < -0.3 is 32.3 Å². The van der Waals surface area contributed by atoms with Gasteiger partial charge in [0, 0.05) is 6.42 Å². The van der Waals surface area contributed by atoms with Gasteiger partial charge in [0.1, 0.15) is 6.04 Å². The van der Waals surface area contributed by atoms with Crippen LogP contribution in [0.4, 0.5) is 0 Å². The van der Waals surface area contributed by atoms with E-state index in [4.69, 9.17) is 21.7 Å². The molecule has 20 heavy (non-hydrogen) atoms. The van der Waals surface area contributed by atoms with Crippen LogP contribution < -0.4 is 22.1 Å². The maximum absolute atomic E-state index is 11.4. The summed E-state index contributed by atoms with van der Waals surface area (Å²) in [4.78, 5) is 43.7. The quantitative estimate of drug-likeness (QED) is 0.252. The van der Waals surface area contributed by atoms with Crippen molar-refractivity contribution in [1.82, 2.24) is 10.6 Å². The minimum absolute atomic E-state index is 0.0389. The van der Waals surface area contributed by atoms with Gasteiger partial charge in [-0.2, -0.15) is 0 Å².